The number of carbonyl (C=O) groups excluding carboxylic acids is 1. The number of halogens is 2. The van der Waals surface area contributed by atoms with Crippen molar-refractivity contribution in [2.45, 2.75) is 38.5 Å². The summed E-state index contributed by atoms with van der Waals surface area (Å²) in [6.45, 7) is 0. The Morgan fingerprint density at radius 2 is 1.94 bits per heavy atom. The lowest BCUT2D eigenvalue weighted by Crippen LogP contribution is -2.05. The van der Waals surface area contributed by atoms with Crippen molar-refractivity contribution >= 4 is 17.4 Å². The molecule has 0 N–H and O–H groups in total. The van der Waals surface area contributed by atoms with Crippen molar-refractivity contribution in [3.63, 3.8) is 0 Å². The van der Waals surface area contributed by atoms with Crippen LogP contribution in [-0.4, -0.2) is 5.78 Å². The Morgan fingerprint density at radius 3 is 2.72 bits per heavy atom. The van der Waals surface area contributed by atoms with E-state index >= 15 is 0 Å². The SMILES string of the molecule is O=C(/C1=C/CCCCCC1)c1ccc(F)c(Cl)c1. The lowest BCUT2D eigenvalue weighted by molar-refractivity contribution is 0.102. The highest BCUT2D eigenvalue weighted by atomic mass is 35.5. The van der Waals surface area contributed by atoms with Gasteiger partial charge in [-0.25, -0.2) is 4.39 Å². The fraction of sp³-hybridized carbons (Fsp3) is 0.400. The Hall–Kier alpha value is -1.15. The van der Waals surface area contributed by atoms with Gasteiger partial charge in [0.15, 0.2) is 5.78 Å². The molecule has 0 aromatic heterocycles. The van der Waals surface area contributed by atoms with Crippen molar-refractivity contribution in [1.82, 2.24) is 0 Å². The summed E-state index contributed by atoms with van der Waals surface area (Å²) in [5.41, 5.74) is 1.32. The zero-order valence-corrected chi connectivity index (χ0v) is 11.0. The van der Waals surface area contributed by atoms with E-state index in [1.54, 1.807) is 0 Å². The maximum Gasteiger partial charge on any atom is 0.188 e. The standard InChI is InChI=1S/C15H16ClFO/c16-13-10-12(8-9-14(13)17)15(18)11-6-4-2-1-3-5-7-11/h6,8-10H,1-5,7H2/b11-6+. The minimum absolute atomic E-state index is 0.00675. The van der Waals surface area contributed by atoms with Crippen LogP contribution in [0.15, 0.2) is 29.8 Å². The molecular formula is C15H16ClFO. The lowest BCUT2D eigenvalue weighted by Gasteiger charge is -2.10. The summed E-state index contributed by atoms with van der Waals surface area (Å²) in [5, 5.41) is 0.00675. The number of allylic oxidation sites excluding steroid dienone is 2. The minimum Gasteiger partial charge on any atom is -0.289 e. The summed E-state index contributed by atoms with van der Waals surface area (Å²) in [6, 6.07) is 4.17. The third-order valence-electron chi connectivity index (χ3n) is 3.26. The molecule has 0 radical (unpaired) electrons. The van der Waals surface area contributed by atoms with Gasteiger partial charge in [0.05, 0.1) is 5.02 Å². The number of carbonyl (C=O) groups is 1. The third-order valence-corrected chi connectivity index (χ3v) is 3.55. The van der Waals surface area contributed by atoms with Crippen LogP contribution < -0.4 is 0 Å². The van der Waals surface area contributed by atoms with Gasteiger partial charge in [0.1, 0.15) is 5.82 Å². The van der Waals surface area contributed by atoms with Crippen molar-refractivity contribution in [1.29, 1.82) is 0 Å². The van der Waals surface area contributed by atoms with E-state index in [0.717, 1.165) is 31.3 Å². The topological polar surface area (TPSA) is 17.1 Å². The summed E-state index contributed by atoms with van der Waals surface area (Å²) in [6.07, 6.45) is 8.39. The van der Waals surface area contributed by atoms with E-state index in [1.807, 2.05) is 6.08 Å². The Kier molecular flexibility index (Phi) is 4.54. The van der Waals surface area contributed by atoms with Crippen LogP contribution in [0, 0.1) is 5.82 Å². The van der Waals surface area contributed by atoms with Gasteiger partial charge in [-0.3, -0.25) is 4.79 Å². The molecule has 1 nitrogen and oxygen atoms in total. The maximum absolute atomic E-state index is 13.1. The molecule has 0 amide bonds. The fourth-order valence-corrected chi connectivity index (χ4v) is 2.40. The van der Waals surface area contributed by atoms with Gasteiger partial charge in [-0.2, -0.15) is 0 Å². The largest absolute Gasteiger partial charge is 0.289 e. The molecule has 0 saturated heterocycles. The van der Waals surface area contributed by atoms with Gasteiger partial charge in [-0.15, -0.1) is 0 Å². The predicted molar refractivity (Wildman–Crippen MR) is 71.5 cm³/mol. The normalized spacial score (nSPS) is 19.6. The van der Waals surface area contributed by atoms with E-state index in [4.69, 9.17) is 11.6 Å². The molecule has 0 heterocycles. The molecule has 0 aliphatic heterocycles. The fourth-order valence-electron chi connectivity index (χ4n) is 2.22. The Bertz CT molecular complexity index is 479. The number of hydrogen-bond donors (Lipinski definition) is 0. The van der Waals surface area contributed by atoms with Crippen molar-refractivity contribution < 1.29 is 9.18 Å². The molecule has 18 heavy (non-hydrogen) atoms. The second-order valence-electron chi connectivity index (χ2n) is 4.64. The zero-order chi connectivity index (χ0) is 13.0. The van der Waals surface area contributed by atoms with Crippen molar-refractivity contribution in [3.8, 4) is 0 Å². The van der Waals surface area contributed by atoms with Crippen LogP contribution in [0.2, 0.25) is 5.02 Å². The highest BCUT2D eigenvalue weighted by molar-refractivity contribution is 6.31. The first-order valence-corrected chi connectivity index (χ1v) is 6.75. The summed E-state index contributed by atoms with van der Waals surface area (Å²) in [7, 11) is 0. The second-order valence-corrected chi connectivity index (χ2v) is 5.05. The molecule has 1 aliphatic rings. The van der Waals surface area contributed by atoms with E-state index in [2.05, 4.69) is 0 Å². The monoisotopic (exact) mass is 266 g/mol. The molecule has 0 spiro atoms. The van der Waals surface area contributed by atoms with Gasteiger partial charge in [0.2, 0.25) is 0 Å². The molecule has 1 aliphatic carbocycles. The summed E-state index contributed by atoms with van der Waals surface area (Å²) >= 11 is 5.71. The smallest absolute Gasteiger partial charge is 0.188 e. The molecule has 0 saturated carbocycles. The van der Waals surface area contributed by atoms with E-state index < -0.39 is 5.82 Å². The van der Waals surface area contributed by atoms with E-state index in [1.165, 1.54) is 31.0 Å². The average molecular weight is 267 g/mol. The third kappa shape index (κ3) is 3.20. The average Bonchev–Trinajstić information content (AvgIpc) is 2.31. The molecular weight excluding hydrogens is 251 g/mol. The first kappa shape index (κ1) is 13.3. The number of benzene rings is 1. The molecule has 0 bridgehead atoms. The van der Waals surface area contributed by atoms with Gasteiger partial charge in [-0.05, 0) is 49.5 Å². The van der Waals surface area contributed by atoms with Gasteiger partial charge in [0.25, 0.3) is 0 Å². The molecule has 0 fully saturated rings. The number of ketones is 1. The maximum atomic E-state index is 13.1. The lowest BCUT2D eigenvalue weighted by atomic mass is 9.94. The van der Waals surface area contributed by atoms with Gasteiger partial charge in [0, 0.05) is 5.56 Å². The molecule has 3 heteroatoms. The predicted octanol–water partition coefficient (Wildman–Crippen LogP) is 4.94. The van der Waals surface area contributed by atoms with Crippen LogP contribution >= 0.6 is 11.6 Å². The Morgan fingerprint density at radius 1 is 1.17 bits per heavy atom. The Balaban J connectivity index is 2.21. The highest BCUT2D eigenvalue weighted by Crippen LogP contribution is 2.23. The van der Waals surface area contributed by atoms with Gasteiger partial charge < -0.3 is 0 Å². The highest BCUT2D eigenvalue weighted by Gasteiger charge is 2.14. The zero-order valence-electron chi connectivity index (χ0n) is 10.2. The molecule has 1 aromatic carbocycles. The van der Waals surface area contributed by atoms with E-state index in [9.17, 15) is 9.18 Å². The number of Topliss-reactive ketones (excluding diaryl/α,β-unsaturated/α-hetero) is 1. The summed E-state index contributed by atoms with van der Waals surface area (Å²) in [4.78, 5) is 12.3. The summed E-state index contributed by atoms with van der Waals surface area (Å²) < 4.78 is 13.1. The quantitative estimate of drug-likeness (QED) is 0.693. The first-order valence-electron chi connectivity index (χ1n) is 6.37. The number of rotatable bonds is 2. The van der Waals surface area contributed by atoms with Gasteiger partial charge in [-0.1, -0.05) is 30.5 Å². The molecule has 0 unspecified atom stereocenters. The molecule has 0 atom stereocenters. The number of hydrogen-bond acceptors (Lipinski definition) is 1. The molecule has 96 valence electrons. The summed E-state index contributed by atoms with van der Waals surface area (Å²) in [5.74, 6) is -0.501. The van der Waals surface area contributed by atoms with Crippen molar-refractivity contribution in [2.24, 2.45) is 0 Å². The van der Waals surface area contributed by atoms with E-state index in [0.29, 0.717) is 5.56 Å². The van der Waals surface area contributed by atoms with E-state index in [-0.39, 0.29) is 10.8 Å². The van der Waals surface area contributed by atoms with Crippen molar-refractivity contribution in [3.05, 3.63) is 46.3 Å². The van der Waals surface area contributed by atoms with Gasteiger partial charge >= 0.3 is 0 Å². The van der Waals surface area contributed by atoms with Crippen LogP contribution in [0.5, 0.6) is 0 Å². The van der Waals surface area contributed by atoms with Crippen LogP contribution in [-0.2, 0) is 0 Å². The van der Waals surface area contributed by atoms with Crippen LogP contribution in [0.4, 0.5) is 4.39 Å². The van der Waals surface area contributed by atoms with Crippen molar-refractivity contribution in [2.75, 3.05) is 0 Å². The van der Waals surface area contributed by atoms with Crippen LogP contribution in [0.25, 0.3) is 0 Å². The molecule has 2 rings (SSSR count). The molecule has 1 aromatic rings. The Labute approximate surface area is 112 Å². The second kappa shape index (κ2) is 6.14. The van der Waals surface area contributed by atoms with Crippen LogP contribution in [0.3, 0.4) is 0 Å². The van der Waals surface area contributed by atoms with Crippen LogP contribution in [0.1, 0.15) is 48.9 Å². The first-order chi connectivity index (χ1) is 8.68. The minimum atomic E-state index is -0.486.